The predicted molar refractivity (Wildman–Crippen MR) is 34.0 cm³/mol. The van der Waals surface area contributed by atoms with Gasteiger partial charge in [-0.3, -0.25) is 9.59 Å². The highest BCUT2D eigenvalue weighted by Crippen LogP contribution is 2.31. The van der Waals surface area contributed by atoms with E-state index in [0.717, 1.165) is 18.3 Å². The molecule has 10 heavy (non-hydrogen) atoms. The first kappa shape index (κ1) is 5.65. The molecule has 0 saturated carbocycles. The van der Waals surface area contributed by atoms with E-state index in [1.807, 2.05) is 0 Å². The summed E-state index contributed by atoms with van der Waals surface area (Å²) in [6.07, 6.45) is 3.86. The molecule has 2 rings (SSSR count). The van der Waals surface area contributed by atoms with Gasteiger partial charge in [-0.25, -0.2) is 0 Å². The van der Waals surface area contributed by atoms with Crippen LogP contribution in [-0.2, 0) is 9.59 Å². The first-order chi connectivity index (χ1) is 4.81. The maximum atomic E-state index is 10.7. The van der Waals surface area contributed by atoms with Crippen LogP contribution in [0.3, 0.4) is 0 Å². The number of amides is 1. The molecule has 0 aromatic carbocycles. The van der Waals surface area contributed by atoms with Gasteiger partial charge in [-0.1, -0.05) is 0 Å². The highest BCUT2D eigenvalue weighted by atomic mass is 16.2. The molecule has 1 saturated heterocycles. The number of fused-ring (bicyclic) bond motifs is 1. The van der Waals surface area contributed by atoms with Crippen molar-refractivity contribution in [2.75, 3.05) is 0 Å². The summed E-state index contributed by atoms with van der Waals surface area (Å²) in [4.78, 5) is 22.6. The molecule has 52 valence electrons. The lowest BCUT2D eigenvalue weighted by atomic mass is 10.0. The van der Waals surface area contributed by atoms with Crippen LogP contribution in [0.25, 0.3) is 0 Å². The molecule has 1 fully saturated rings. The van der Waals surface area contributed by atoms with Gasteiger partial charge in [-0.15, -0.1) is 0 Å². The summed E-state index contributed by atoms with van der Waals surface area (Å²) in [5.74, 6) is 0.141. The summed E-state index contributed by atoms with van der Waals surface area (Å²) in [5, 5.41) is 0. The van der Waals surface area contributed by atoms with Gasteiger partial charge in [-0.05, 0) is 6.42 Å². The topological polar surface area (TPSA) is 37.4 Å². The molecule has 0 aromatic heterocycles. The van der Waals surface area contributed by atoms with Gasteiger partial charge in [0.25, 0.3) is 0 Å². The molecule has 1 amide bonds. The second kappa shape index (κ2) is 1.68. The fourth-order valence-electron chi connectivity index (χ4n) is 1.43. The number of hydrogen-bond donors (Lipinski definition) is 0. The van der Waals surface area contributed by atoms with E-state index in [1.165, 1.54) is 0 Å². The van der Waals surface area contributed by atoms with E-state index in [4.69, 9.17) is 0 Å². The van der Waals surface area contributed by atoms with Crippen LogP contribution in [-0.4, -0.2) is 23.1 Å². The van der Waals surface area contributed by atoms with Gasteiger partial charge in [0, 0.05) is 24.2 Å². The number of rotatable bonds is 1. The molecule has 2 aliphatic rings. The fraction of sp³-hybridized carbons (Fsp3) is 0.429. The Balaban J connectivity index is 2.19. The minimum atomic E-state index is 0.141. The van der Waals surface area contributed by atoms with Crippen LogP contribution in [0, 0.1) is 0 Å². The Hall–Kier alpha value is -1.12. The van der Waals surface area contributed by atoms with Crippen molar-refractivity contribution in [2.45, 2.75) is 18.9 Å². The molecule has 0 aromatic rings. The number of aldehydes is 1. The molecule has 3 heteroatoms. The van der Waals surface area contributed by atoms with E-state index in [-0.39, 0.29) is 5.91 Å². The molecule has 0 aliphatic carbocycles. The number of nitrogens with zero attached hydrogens (tertiary/aromatic N) is 1. The quantitative estimate of drug-likeness (QED) is 0.379. The maximum Gasteiger partial charge on any atom is 0.228 e. The van der Waals surface area contributed by atoms with Crippen LogP contribution in [0.5, 0.6) is 0 Å². The van der Waals surface area contributed by atoms with Crippen molar-refractivity contribution >= 4 is 12.2 Å². The lowest BCUT2D eigenvalue weighted by Crippen LogP contribution is -2.45. The average molecular weight is 137 g/mol. The highest BCUT2D eigenvalue weighted by molar-refractivity contribution is 5.88. The standard InChI is InChI=1S/C7H7NO2/c9-4-5-1-6-2-7(10)8(6)3-5/h3-4,6H,1-2H2/t6-/m1/s1. The Kier molecular flexibility index (Phi) is 0.952. The molecule has 0 radical (unpaired) electrons. The van der Waals surface area contributed by atoms with E-state index < -0.39 is 0 Å². The zero-order valence-electron chi connectivity index (χ0n) is 5.41. The van der Waals surface area contributed by atoms with Crippen LogP contribution in [0.15, 0.2) is 11.8 Å². The van der Waals surface area contributed by atoms with Crippen molar-refractivity contribution in [3.05, 3.63) is 11.8 Å². The average Bonchev–Trinajstić information content (AvgIpc) is 2.26. The fourth-order valence-corrected chi connectivity index (χ4v) is 1.43. The van der Waals surface area contributed by atoms with Crippen molar-refractivity contribution in [1.82, 2.24) is 4.90 Å². The summed E-state index contributed by atoms with van der Waals surface area (Å²) in [7, 11) is 0. The minimum absolute atomic E-state index is 0.141. The SMILES string of the molecule is O=CC1=CN2C(=O)C[C@H]2C1. The Labute approximate surface area is 58.3 Å². The zero-order valence-corrected chi connectivity index (χ0v) is 5.41. The predicted octanol–water partition coefficient (Wildman–Crippen LogP) is 0.0738. The van der Waals surface area contributed by atoms with Gasteiger partial charge < -0.3 is 4.90 Å². The van der Waals surface area contributed by atoms with Gasteiger partial charge in [-0.2, -0.15) is 0 Å². The van der Waals surface area contributed by atoms with Gasteiger partial charge in [0.15, 0.2) is 0 Å². The van der Waals surface area contributed by atoms with E-state index in [9.17, 15) is 9.59 Å². The molecule has 3 nitrogen and oxygen atoms in total. The molecular weight excluding hydrogens is 130 g/mol. The first-order valence-corrected chi connectivity index (χ1v) is 3.28. The van der Waals surface area contributed by atoms with Crippen LogP contribution >= 0.6 is 0 Å². The third-order valence-corrected chi connectivity index (χ3v) is 2.02. The molecule has 0 unspecified atom stereocenters. The van der Waals surface area contributed by atoms with Gasteiger partial charge in [0.1, 0.15) is 6.29 Å². The van der Waals surface area contributed by atoms with Crippen molar-refractivity contribution in [3.63, 3.8) is 0 Å². The monoisotopic (exact) mass is 137 g/mol. The van der Waals surface area contributed by atoms with Crippen molar-refractivity contribution in [3.8, 4) is 0 Å². The van der Waals surface area contributed by atoms with Crippen molar-refractivity contribution < 1.29 is 9.59 Å². The van der Waals surface area contributed by atoms with Crippen molar-refractivity contribution in [1.29, 1.82) is 0 Å². The lowest BCUT2D eigenvalue weighted by molar-refractivity contribution is -0.140. The smallest absolute Gasteiger partial charge is 0.228 e. The second-order valence-electron chi connectivity index (χ2n) is 2.68. The molecule has 2 aliphatic heterocycles. The Morgan fingerprint density at radius 1 is 1.60 bits per heavy atom. The summed E-state index contributed by atoms with van der Waals surface area (Å²) in [6.45, 7) is 0. The Morgan fingerprint density at radius 3 is 2.90 bits per heavy atom. The minimum Gasteiger partial charge on any atom is -0.315 e. The third kappa shape index (κ3) is 0.546. The normalized spacial score (nSPS) is 29.2. The van der Waals surface area contributed by atoms with E-state index in [1.54, 1.807) is 11.1 Å². The lowest BCUT2D eigenvalue weighted by Gasteiger charge is -2.32. The summed E-state index contributed by atoms with van der Waals surface area (Å²) >= 11 is 0. The number of carbonyl (C=O) groups is 2. The molecule has 0 bridgehead atoms. The molecule has 0 N–H and O–H groups in total. The zero-order chi connectivity index (χ0) is 7.14. The first-order valence-electron chi connectivity index (χ1n) is 3.28. The van der Waals surface area contributed by atoms with E-state index in [2.05, 4.69) is 0 Å². The van der Waals surface area contributed by atoms with Crippen LogP contribution < -0.4 is 0 Å². The molecule has 1 atom stereocenters. The number of carbonyl (C=O) groups excluding carboxylic acids is 2. The molecule has 2 heterocycles. The van der Waals surface area contributed by atoms with Gasteiger partial charge >= 0.3 is 0 Å². The molecular formula is C7H7NO2. The Bertz CT molecular complexity index is 232. The maximum absolute atomic E-state index is 10.7. The van der Waals surface area contributed by atoms with Gasteiger partial charge in [0.2, 0.25) is 5.91 Å². The summed E-state index contributed by atoms with van der Waals surface area (Å²) < 4.78 is 0. The summed E-state index contributed by atoms with van der Waals surface area (Å²) in [5.41, 5.74) is 0.746. The van der Waals surface area contributed by atoms with E-state index >= 15 is 0 Å². The highest BCUT2D eigenvalue weighted by Gasteiger charge is 2.39. The van der Waals surface area contributed by atoms with Crippen molar-refractivity contribution in [2.24, 2.45) is 0 Å². The Morgan fingerprint density at radius 2 is 2.40 bits per heavy atom. The largest absolute Gasteiger partial charge is 0.315 e. The van der Waals surface area contributed by atoms with E-state index in [0.29, 0.717) is 12.5 Å². The number of β-lactam (4-membered cyclic amide) rings is 1. The summed E-state index contributed by atoms with van der Waals surface area (Å²) in [6, 6.07) is 0.313. The van der Waals surface area contributed by atoms with Crippen LogP contribution in [0.1, 0.15) is 12.8 Å². The van der Waals surface area contributed by atoms with Gasteiger partial charge in [0.05, 0.1) is 0 Å². The van der Waals surface area contributed by atoms with Crippen LogP contribution in [0.2, 0.25) is 0 Å². The van der Waals surface area contributed by atoms with Crippen LogP contribution in [0.4, 0.5) is 0 Å². The number of hydrogen-bond acceptors (Lipinski definition) is 2. The second-order valence-corrected chi connectivity index (χ2v) is 2.68. The molecule has 0 spiro atoms. The third-order valence-electron chi connectivity index (χ3n) is 2.02.